The fourth-order valence-corrected chi connectivity index (χ4v) is 3.26. The van der Waals surface area contributed by atoms with E-state index >= 15 is 0 Å². The van der Waals surface area contributed by atoms with Gasteiger partial charge < -0.3 is 0 Å². The van der Waals surface area contributed by atoms with E-state index in [1.54, 1.807) is 12.1 Å². The third-order valence-electron chi connectivity index (χ3n) is 4.60. The first-order chi connectivity index (χ1) is 13.2. The van der Waals surface area contributed by atoms with Crippen LogP contribution < -0.4 is 5.56 Å². The van der Waals surface area contributed by atoms with E-state index in [4.69, 9.17) is 0 Å². The number of nitro groups is 1. The molecule has 0 amide bonds. The van der Waals surface area contributed by atoms with Crippen molar-refractivity contribution >= 4 is 28.2 Å². The molecule has 2 heterocycles. The average Bonchev–Trinajstić information content (AvgIpc) is 3.04. The van der Waals surface area contributed by atoms with Gasteiger partial charge in [-0.1, -0.05) is 12.1 Å². The van der Waals surface area contributed by atoms with E-state index in [1.165, 1.54) is 22.8 Å². The van der Waals surface area contributed by atoms with Gasteiger partial charge in [-0.15, -0.1) is 0 Å². The van der Waals surface area contributed by atoms with Crippen LogP contribution >= 0.6 is 0 Å². The predicted molar refractivity (Wildman–Crippen MR) is 96.6 cm³/mol. The SMILES string of the molecule is O=c1c2ccc(C(F)(F)F)cc2nc2n1CCC2=Cc1cccc([N+](=O)[O-])c1. The summed E-state index contributed by atoms with van der Waals surface area (Å²) in [5.41, 5.74) is -0.202. The van der Waals surface area contributed by atoms with Gasteiger partial charge in [-0.3, -0.25) is 19.5 Å². The molecule has 0 atom stereocenters. The minimum atomic E-state index is -4.54. The van der Waals surface area contributed by atoms with E-state index in [2.05, 4.69) is 4.98 Å². The molecule has 0 saturated carbocycles. The second-order valence-electron chi connectivity index (χ2n) is 6.39. The highest BCUT2D eigenvalue weighted by atomic mass is 19.4. The molecule has 2 aromatic carbocycles. The monoisotopic (exact) mass is 387 g/mol. The minimum absolute atomic E-state index is 0.0297. The number of allylic oxidation sites excluding steroid dienone is 1. The molecular formula is C19H12F3N3O3. The number of nitrogens with zero attached hydrogens (tertiary/aromatic N) is 3. The second kappa shape index (κ2) is 6.29. The molecule has 1 aromatic heterocycles. The highest BCUT2D eigenvalue weighted by Gasteiger charge is 2.31. The summed E-state index contributed by atoms with van der Waals surface area (Å²) in [4.78, 5) is 27.3. The Kier molecular flexibility index (Phi) is 4.02. The number of nitro benzene ring substituents is 1. The Morgan fingerprint density at radius 1 is 1.18 bits per heavy atom. The lowest BCUT2D eigenvalue weighted by Gasteiger charge is -2.09. The molecule has 0 saturated heterocycles. The van der Waals surface area contributed by atoms with Crippen molar-refractivity contribution in [3.8, 4) is 0 Å². The first kappa shape index (κ1) is 17.9. The van der Waals surface area contributed by atoms with Crippen LogP contribution in [-0.2, 0) is 12.7 Å². The normalized spacial score (nSPS) is 15.2. The van der Waals surface area contributed by atoms with Crippen LogP contribution in [0.3, 0.4) is 0 Å². The zero-order valence-corrected chi connectivity index (χ0v) is 14.2. The van der Waals surface area contributed by atoms with E-state index in [9.17, 15) is 28.1 Å². The van der Waals surface area contributed by atoms with Gasteiger partial charge in [0.25, 0.3) is 11.2 Å². The molecule has 142 valence electrons. The van der Waals surface area contributed by atoms with Crippen LogP contribution in [-0.4, -0.2) is 14.5 Å². The second-order valence-corrected chi connectivity index (χ2v) is 6.39. The maximum atomic E-state index is 13.0. The molecule has 0 unspecified atom stereocenters. The Morgan fingerprint density at radius 2 is 1.96 bits per heavy atom. The number of rotatable bonds is 2. The van der Waals surface area contributed by atoms with Crippen molar-refractivity contribution in [2.75, 3.05) is 0 Å². The standard InChI is InChI=1S/C19H12F3N3O3/c20-19(21,22)13-4-5-15-16(10-13)23-17-12(6-7-24(17)18(15)26)8-11-2-1-3-14(9-11)25(27)28/h1-5,8-10H,6-7H2. The molecule has 1 aliphatic rings. The summed E-state index contributed by atoms with van der Waals surface area (Å²) >= 11 is 0. The van der Waals surface area contributed by atoms with Gasteiger partial charge in [0.15, 0.2) is 0 Å². The smallest absolute Gasteiger partial charge is 0.292 e. The van der Waals surface area contributed by atoms with Crippen LogP contribution in [0.4, 0.5) is 18.9 Å². The Labute approximate surface area is 155 Å². The first-order valence-corrected chi connectivity index (χ1v) is 8.31. The molecule has 9 heteroatoms. The predicted octanol–water partition coefficient (Wildman–Crippen LogP) is 4.27. The van der Waals surface area contributed by atoms with E-state index in [1.807, 2.05) is 0 Å². The zero-order valence-electron chi connectivity index (χ0n) is 14.2. The van der Waals surface area contributed by atoms with Gasteiger partial charge in [-0.2, -0.15) is 13.2 Å². The molecule has 1 aliphatic heterocycles. The fraction of sp³-hybridized carbons (Fsp3) is 0.158. The van der Waals surface area contributed by atoms with E-state index in [0.717, 1.165) is 18.2 Å². The van der Waals surface area contributed by atoms with Gasteiger partial charge in [0.1, 0.15) is 5.82 Å². The van der Waals surface area contributed by atoms with Crippen LogP contribution in [0.15, 0.2) is 47.3 Å². The quantitative estimate of drug-likeness (QED) is 0.486. The Morgan fingerprint density at radius 3 is 2.68 bits per heavy atom. The van der Waals surface area contributed by atoms with E-state index < -0.39 is 22.2 Å². The van der Waals surface area contributed by atoms with Crippen LogP contribution in [0, 0.1) is 10.1 Å². The van der Waals surface area contributed by atoms with Crippen molar-refractivity contribution in [3.63, 3.8) is 0 Å². The van der Waals surface area contributed by atoms with Gasteiger partial charge in [-0.25, -0.2) is 4.98 Å². The van der Waals surface area contributed by atoms with Crippen LogP contribution in [0.5, 0.6) is 0 Å². The number of halogens is 3. The van der Waals surface area contributed by atoms with Crippen molar-refractivity contribution in [3.05, 3.63) is 79.9 Å². The van der Waals surface area contributed by atoms with Crippen LogP contribution in [0.1, 0.15) is 23.4 Å². The molecule has 6 nitrogen and oxygen atoms in total. The number of benzene rings is 2. The number of fused-ring (bicyclic) bond motifs is 2. The third kappa shape index (κ3) is 3.04. The highest BCUT2D eigenvalue weighted by Crippen LogP contribution is 2.32. The molecule has 0 bridgehead atoms. The maximum absolute atomic E-state index is 13.0. The van der Waals surface area contributed by atoms with Gasteiger partial charge in [0.05, 0.1) is 21.4 Å². The van der Waals surface area contributed by atoms with E-state index in [0.29, 0.717) is 24.1 Å². The molecule has 0 radical (unpaired) electrons. The fourth-order valence-electron chi connectivity index (χ4n) is 3.26. The van der Waals surface area contributed by atoms with Crippen molar-refractivity contribution in [1.29, 1.82) is 0 Å². The Hall–Kier alpha value is -3.49. The molecule has 0 N–H and O–H groups in total. The van der Waals surface area contributed by atoms with Gasteiger partial charge in [0.2, 0.25) is 0 Å². The summed E-state index contributed by atoms with van der Waals surface area (Å²) < 4.78 is 40.4. The minimum Gasteiger partial charge on any atom is -0.292 e. The molecule has 0 spiro atoms. The largest absolute Gasteiger partial charge is 0.416 e. The summed E-state index contributed by atoms with van der Waals surface area (Å²) in [5.74, 6) is 0.281. The molecule has 28 heavy (non-hydrogen) atoms. The number of non-ortho nitro benzene ring substituents is 1. The maximum Gasteiger partial charge on any atom is 0.416 e. The van der Waals surface area contributed by atoms with E-state index in [-0.39, 0.29) is 22.4 Å². The molecule has 4 rings (SSSR count). The summed E-state index contributed by atoms with van der Waals surface area (Å²) in [5, 5.41) is 11.0. The highest BCUT2D eigenvalue weighted by molar-refractivity contribution is 5.85. The summed E-state index contributed by atoms with van der Waals surface area (Å²) in [7, 11) is 0. The summed E-state index contributed by atoms with van der Waals surface area (Å²) in [6.07, 6.45) is -2.42. The Balaban J connectivity index is 1.86. The van der Waals surface area contributed by atoms with Gasteiger partial charge in [-0.05, 0) is 41.8 Å². The molecule has 0 aliphatic carbocycles. The van der Waals surface area contributed by atoms with Gasteiger partial charge >= 0.3 is 6.18 Å². The third-order valence-corrected chi connectivity index (χ3v) is 4.60. The summed E-state index contributed by atoms with van der Waals surface area (Å²) in [6, 6.07) is 8.83. The van der Waals surface area contributed by atoms with Crippen molar-refractivity contribution in [2.24, 2.45) is 0 Å². The number of hydrogen-bond acceptors (Lipinski definition) is 4. The Bertz CT molecular complexity index is 1210. The number of alkyl halides is 3. The zero-order chi connectivity index (χ0) is 20.1. The van der Waals surface area contributed by atoms with Crippen molar-refractivity contribution in [2.45, 2.75) is 19.1 Å². The van der Waals surface area contributed by atoms with Crippen molar-refractivity contribution in [1.82, 2.24) is 9.55 Å². The molecule has 3 aromatic rings. The van der Waals surface area contributed by atoms with Crippen LogP contribution in [0.2, 0.25) is 0 Å². The molecule has 0 fully saturated rings. The lowest BCUT2D eigenvalue weighted by molar-refractivity contribution is -0.384. The lowest BCUT2D eigenvalue weighted by atomic mass is 10.1. The molecular weight excluding hydrogens is 375 g/mol. The average molecular weight is 387 g/mol. The van der Waals surface area contributed by atoms with Gasteiger partial charge in [0, 0.05) is 18.7 Å². The number of aromatic nitrogens is 2. The van der Waals surface area contributed by atoms with Crippen LogP contribution in [0.25, 0.3) is 22.6 Å². The lowest BCUT2D eigenvalue weighted by Crippen LogP contribution is -2.21. The van der Waals surface area contributed by atoms with Crippen molar-refractivity contribution < 1.29 is 18.1 Å². The topological polar surface area (TPSA) is 78.0 Å². The first-order valence-electron chi connectivity index (χ1n) is 8.31. The number of hydrogen-bond donors (Lipinski definition) is 0. The summed E-state index contributed by atoms with van der Waals surface area (Å²) in [6.45, 7) is 0.346.